The largest absolute Gasteiger partial charge is 0.348 e. The number of nitrogens with one attached hydrogen (secondary N) is 1. The molecule has 1 aromatic rings. The lowest BCUT2D eigenvalue weighted by molar-refractivity contribution is 0.0933. The van der Waals surface area contributed by atoms with Crippen LogP contribution in [0.4, 0.5) is 0 Å². The Morgan fingerprint density at radius 2 is 2.11 bits per heavy atom. The highest BCUT2D eigenvalue weighted by atomic mass is 127. The first kappa shape index (κ1) is 15.4. The summed E-state index contributed by atoms with van der Waals surface area (Å²) in [6.07, 6.45) is 0.907. The summed E-state index contributed by atoms with van der Waals surface area (Å²) >= 11 is 2.18. The lowest BCUT2D eigenvalue weighted by Crippen LogP contribution is -2.41. The van der Waals surface area contributed by atoms with Crippen molar-refractivity contribution in [2.75, 3.05) is 6.54 Å². The standard InChI is InChI=1S/C14H21IN2O/c1-9(2)6-11(8-16)17-14(18)12-7-10(3)4-5-13(12)15/h4-5,7,9,11H,6,8,16H2,1-3H3,(H,17,18). The zero-order chi connectivity index (χ0) is 13.7. The maximum absolute atomic E-state index is 12.2. The zero-order valence-electron chi connectivity index (χ0n) is 11.2. The molecule has 0 radical (unpaired) electrons. The third-order valence-electron chi connectivity index (χ3n) is 2.74. The second kappa shape index (κ2) is 7.09. The minimum absolute atomic E-state index is 0.0285. The molecule has 0 aliphatic carbocycles. The summed E-state index contributed by atoms with van der Waals surface area (Å²) in [5.74, 6) is 0.495. The Hall–Kier alpha value is -0.620. The monoisotopic (exact) mass is 360 g/mol. The molecule has 3 N–H and O–H groups in total. The summed E-state index contributed by atoms with van der Waals surface area (Å²) in [5, 5.41) is 3.01. The molecule has 1 amide bonds. The minimum atomic E-state index is -0.0285. The number of carbonyl (C=O) groups excluding carboxylic acids is 1. The Morgan fingerprint density at radius 3 is 2.67 bits per heavy atom. The number of carbonyl (C=O) groups is 1. The van der Waals surface area contributed by atoms with E-state index in [1.165, 1.54) is 0 Å². The number of halogens is 1. The van der Waals surface area contributed by atoms with Crippen molar-refractivity contribution < 1.29 is 4.79 Å². The molecule has 0 fully saturated rings. The van der Waals surface area contributed by atoms with Crippen LogP contribution in [0, 0.1) is 16.4 Å². The van der Waals surface area contributed by atoms with Crippen molar-refractivity contribution in [2.45, 2.75) is 33.2 Å². The van der Waals surface area contributed by atoms with Crippen LogP contribution in [0.25, 0.3) is 0 Å². The first-order valence-corrected chi connectivity index (χ1v) is 7.29. The van der Waals surface area contributed by atoms with E-state index < -0.39 is 0 Å². The summed E-state index contributed by atoms with van der Waals surface area (Å²) in [6.45, 7) is 6.73. The van der Waals surface area contributed by atoms with Crippen LogP contribution in [0.3, 0.4) is 0 Å². The first-order chi connectivity index (χ1) is 8.43. The summed E-state index contributed by atoms with van der Waals surface area (Å²) in [7, 11) is 0. The highest BCUT2D eigenvalue weighted by Crippen LogP contribution is 2.14. The highest BCUT2D eigenvalue weighted by Gasteiger charge is 2.15. The Kier molecular flexibility index (Phi) is 6.08. The molecule has 0 bridgehead atoms. The molecule has 1 unspecified atom stereocenters. The van der Waals surface area contributed by atoms with Crippen molar-refractivity contribution >= 4 is 28.5 Å². The zero-order valence-corrected chi connectivity index (χ0v) is 13.3. The molecule has 1 atom stereocenters. The normalized spacial score (nSPS) is 12.6. The van der Waals surface area contributed by atoms with Crippen LogP contribution in [0.15, 0.2) is 18.2 Å². The molecule has 0 aliphatic heterocycles. The van der Waals surface area contributed by atoms with E-state index in [2.05, 4.69) is 41.8 Å². The number of rotatable bonds is 5. The van der Waals surface area contributed by atoms with Gasteiger partial charge in [0.2, 0.25) is 0 Å². The molecule has 1 rings (SSSR count). The quantitative estimate of drug-likeness (QED) is 0.794. The van der Waals surface area contributed by atoms with Crippen molar-refractivity contribution in [3.05, 3.63) is 32.9 Å². The minimum Gasteiger partial charge on any atom is -0.348 e. The summed E-state index contributed by atoms with van der Waals surface area (Å²) in [4.78, 5) is 12.2. The van der Waals surface area contributed by atoms with E-state index in [-0.39, 0.29) is 11.9 Å². The Bertz CT molecular complexity index is 418. The molecule has 0 aliphatic rings. The topological polar surface area (TPSA) is 55.1 Å². The summed E-state index contributed by atoms with van der Waals surface area (Å²) in [6, 6.07) is 5.94. The van der Waals surface area contributed by atoms with E-state index in [9.17, 15) is 4.79 Å². The summed E-state index contributed by atoms with van der Waals surface area (Å²) in [5.41, 5.74) is 7.52. The van der Waals surface area contributed by atoms with Gasteiger partial charge in [0, 0.05) is 16.2 Å². The molecule has 0 spiro atoms. The second-order valence-electron chi connectivity index (χ2n) is 5.02. The van der Waals surface area contributed by atoms with Gasteiger partial charge in [0.05, 0.1) is 5.56 Å². The number of hydrogen-bond acceptors (Lipinski definition) is 2. The molecule has 100 valence electrons. The molecular formula is C14H21IN2O. The lowest BCUT2D eigenvalue weighted by Gasteiger charge is -2.19. The highest BCUT2D eigenvalue weighted by molar-refractivity contribution is 14.1. The second-order valence-corrected chi connectivity index (χ2v) is 6.18. The van der Waals surface area contributed by atoms with Crippen LogP contribution in [0.2, 0.25) is 0 Å². The molecule has 4 heteroatoms. The van der Waals surface area contributed by atoms with Gasteiger partial charge in [-0.25, -0.2) is 0 Å². The molecule has 0 saturated carbocycles. The Labute approximate surface area is 123 Å². The number of aryl methyl sites for hydroxylation is 1. The predicted molar refractivity (Wildman–Crippen MR) is 83.7 cm³/mol. The molecule has 1 aromatic carbocycles. The third-order valence-corrected chi connectivity index (χ3v) is 3.68. The smallest absolute Gasteiger partial charge is 0.252 e. The summed E-state index contributed by atoms with van der Waals surface area (Å²) < 4.78 is 0.969. The number of benzene rings is 1. The average molecular weight is 360 g/mol. The molecule has 0 aromatic heterocycles. The van der Waals surface area contributed by atoms with Crippen LogP contribution >= 0.6 is 22.6 Å². The Balaban J connectivity index is 2.77. The van der Waals surface area contributed by atoms with E-state index >= 15 is 0 Å². The van der Waals surface area contributed by atoms with Gasteiger partial charge < -0.3 is 11.1 Å². The fraction of sp³-hybridized carbons (Fsp3) is 0.500. The van der Waals surface area contributed by atoms with Crippen LogP contribution in [0.1, 0.15) is 36.2 Å². The number of amides is 1. The molecule has 18 heavy (non-hydrogen) atoms. The van der Waals surface area contributed by atoms with Gasteiger partial charge in [0.25, 0.3) is 5.91 Å². The van der Waals surface area contributed by atoms with E-state index in [1.807, 2.05) is 25.1 Å². The van der Waals surface area contributed by atoms with Gasteiger partial charge in [-0.2, -0.15) is 0 Å². The van der Waals surface area contributed by atoms with E-state index in [0.29, 0.717) is 12.5 Å². The average Bonchev–Trinajstić information content (AvgIpc) is 2.30. The number of nitrogens with two attached hydrogens (primary N) is 1. The van der Waals surface area contributed by atoms with Gasteiger partial charge in [-0.3, -0.25) is 4.79 Å². The van der Waals surface area contributed by atoms with Gasteiger partial charge >= 0.3 is 0 Å². The maximum Gasteiger partial charge on any atom is 0.252 e. The van der Waals surface area contributed by atoms with Crippen LogP contribution in [-0.2, 0) is 0 Å². The fourth-order valence-corrected chi connectivity index (χ4v) is 2.44. The van der Waals surface area contributed by atoms with Gasteiger partial charge in [-0.05, 0) is 54.0 Å². The van der Waals surface area contributed by atoms with Crippen molar-refractivity contribution in [1.29, 1.82) is 0 Å². The molecule has 3 nitrogen and oxygen atoms in total. The van der Waals surface area contributed by atoms with E-state index in [4.69, 9.17) is 5.73 Å². The van der Waals surface area contributed by atoms with Crippen LogP contribution in [-0.4, -0.2) is 18.5 Å². The Morgan fingerprint density at radius 1 is 1.44 bits per heavy atom. The van der Waals surface area contributed by atoms with Crippen molar-refractivity contribution in [1.82, 2.24) is 5.32 Å². The van der Waals surface area contributed by atoms with Gasteiger partial charge in [-0.1, -0.05) is 25.5 Å². The number of hydrogen-bond donors (Lipinski definition) is 2. The van der Waals surface area contributed by atoms with Crippen LogP contribution < -0.4 is 11.1 Å². The first-order valence-electron chi connectivity index (χ1n) is 6.21. The van der Waals surface area contributed by atoms with Gasteiger partial charge in [0.1, 0.15) is 0 Å². The van der Waals surface area contributed by atoms with Crippen molar-refractivity contribution in [3.63, 3.8) is 0 Å². The maximum atomic E-state index is 12.2. The van der Waals surface area contributed by atoms with Crippen molar-refractivity contribution in [2.24, 2.45) is 11.7 Å². The fourth-order valence-electron chi connectivity index (χ4n) is 1.86. The van der Waals surface area contributed by atoms with Crippen molar-refractivity contribution in [3.8, 4) is 0 Å². The molecular weight excluding hydrogens is 339 g/mol. The third kappa shape index (κ3) is 4.57. The molecule has 0 heterocycles. The van der Waals surface area contributed by atoms with Gasteiger partial charge in [-0.15, -0.1) is 0 Å². The lowest BCUT2D eigenvalue weighted by atomic mass is 10.0. The van der Waals surface area contributed by atoms with E-state index in [1.54, 1.807) is 0 Å². The SMILES string of the molecule is Cc1ccc(I)c(C(=O)NC(CN)CC(C)C)c1. The molecule has 0 saturated heterocycles. The predicted octanol–water partition coefficient (Wildman–Crippen LogP) is 2.70. The van der Waals surface area contributed by atoms with Gasteiger partial charge in [0.15, 0.2) is 0 Å². The van der Waals surface area contributed by atoms with Crippen LogP contribution in [0.5, 0.6) is 0 Å². The van der Waals surface area contributed by atoms with E-state index in [0.717, 1.165) is 21.1 Å².